The van der Waals surface area contributed by atoms with Gasteiger partial charge < -0.3 is 4.74 Å². The summed E-state index contributed by atoms with van der Waals surface area (Å²) in [6.45, 7) is 8.90. The fourth-order valence-corrected chi connectivity index (χ4v) is 2.32. The normalized spacial score (nSPS) is 11.8. The Labute approximate surface area is 107 Å². The second kappa shape index (κ2) is 9.64. The number of carbonyl (C=O) groups excluding carboxylic acids is 1. The summed E-state index contributed by atoms with van der Waals surface area (Å²) in [6, 6.07) is 0. The molecule has 0 spiro atoms. The van der Waals surface area contributed by atoms with Crippen LogP contribution in [0.2, 0.25) is 0 Å². The maximum atomic E-state index is 12.2. The van der Waals surface area contributed by atoms with Crippen LogP contribution in [-0.2, 0) is 9.53 Å². The summed E-state index contributed by atoms with van der Waals surface area (Å²) < 4.78 is 5.72. The lowest BCUT2D eigenvalue weighted by atomic mass is 9.88. The summed E-state index contributed by atoms with van der Waals surface area (Å²) in [5.41, 5.74) is -0.500. The average Bonchev–Trinajstić information content (AvgIpc) is 2.35. The van der Waals surface area contributed by atoms with Crippen LogP contribution in [0.3, 0.4) is 0 Å². The molecule has 0 aromatic carbocycles. The van der Waals surface area contributed by atoms with Gasteiger partial charge in [-0.3, -0.25) is 4.79 Å². The Hall–Kier alpha value is -0.370. The van der Waals surface area contributed by atoms with Gasteiger partial charge in [-0.1, -0.05) is 46.5 Å². The van der Waals surface area contributed by atoms with Gasteiger partial charge in [-0.15, -0.1) is 0 Å². The highest BCUT2D eigenvalue weighted by Gasteiger charge is 2.34. The van der Waals surface area contributed by atoms with Gasteiger partial charge in [0.15, 0.2) is 5.78 Å². The van der Waals surface area contributed by atoms with E-state index in [0.29, 0.717) is 18.8 Å². The molecule has 0 radical (unpaired) electrons. The summed E-state index contributed by atoms with van der Waals surface area (Å²) in [5, 5.41) is 0. The molecule has 0 atom stereocenters. The summed E-state index contributed by atoms with van der Waals surface area (Å²) >= 11 is 0. The van der Waals surface area contributed by atoms with Crippen LogP contribution in [0.5, 0.6) is 0 Å². The molecular weight excluding hydrogens is 212 g/mol. The Morgan fingerprint density at radius 3 is 2.00 bits per heavy atom. The van der Waals surface area contributed by atoms with Crippen LogP contribution < -0.4 is 0 Å². The lowest BCUT2D eigenvalue weighted by molar-refractivity contribution is -0.145. The molecule has 2 heteroatoms. The fourth-order valence-electron chi connectivity index (χ4n) is 2.32. The minimum atomic E-state index is -0.500. The number of ketones is 1. The van der Waals surface area contributed by atoms with Gasteiger partial charge >= 0.3 is 0 Å². The van der Waals surface area contributed by atoms with Crippen LogP contribution in [0.1, 0.15) is 79.1 Å². The summed E-state index contributed by atoms with van der Waals surface area (Å²) in [7, 11) is 0. The Kier molecular flexibility index (Phi) is 9.43. The van der Waals surface area contributed by atoms with Crippen molar-refractivity contribution in [3.63, 3.8) is 0 Å². The first-order valence-electron chi connectivity index (χ1n) is 7.34. The molecule has 0 heterocycles. The van der Waals surface area contributed by atoms with E-state index in [1.807, 2.05) is 20.8 Å². The maximum absolute atomic E-state index is 12.2. The van der Waals surface area contributed by atoms with Crippen LogP contribution in [0, 0.1) is 0 Å². The van der Waals surface area contributed by atoms with E-state index in [1.54, 1.807) is 0 Å². The molecule has 102 valence electrons. The van der Waals surface area contributed by atoms with Crippen LogP contribution in [0.15, 0.2) is 0 Å². The molecular formula is C15H30O2. The SMILES string of the molecule is CCCCCCCC(=O)C(CC)(CC)OCC. The summed E-state index contributed by atoms with van der Waals surface area (Å²) in [4.78, 5) is 12.2. The molecule has 0 saturated carbocycles. The third kappa shape index (κ3) is 5.67. The Balaban J connectivity index is 4.06. The molecule has 2 nitrogen and oxygen atoms in total. The van der Waals surface area contributed by atoms with E-state index in [1.165, 1.54) is 25.7 Å². The van der Waals surface area contributed by atoms with E-state index in [2.05, 4.69) is 6.92 Å². The van der Waals surface area contributed by atoms with E-state index in [9.17, 15) is 4.79 Å². The number of ether oxygens (including phenoxy) is 1. The molecule has 0 fully saturated rings. The quantitative estimate of drug-likeness (QED) is 0.498. The Bertz CT molecular complexity index is 195. The molecule has 0 aromatic heterocycles. The van der Waals surface area contributed by atoms with Gasteiger partial charge in [-0.05, 0) is 26.2 Å². The second-order valence-electron chi connectivity index (χ2n) is 4.72. The molecule has 0 aliphatic rings. The highest BCUT2D eigenvalue weighted by molar-refractivity contribution is 5.87. The molecule has 0 aliphatic heterocycles. The van der Waals surface area contributed by atoms with Gasteiger partial charge in [-0.25, -0.2) is 0 Å². The average molecular weight is 242 g/mol. The number of hydrogen-bond donors (Lipinski definition) is 0. The highest BCUT2D eigenvalue weighted by atomic mass is 16.5. The third-order valence-electron chi connectivity index (χ3n) is 3.58. The first-order valence-corrected chi connectivity index (χ1v) is 7.34. The van der Waals surface area contributed by atoms with Crippen molar-refractivity contribution in [3.8, 4) is 0 Å². The van der Waals surface area contributed by atoms with Crippen molar-refractivity contribution < 1.29 is 9.53 Å². The zero-order valence-electron chi connectivity index (χ0n) is 12.2. The van der Waals surface area contributed by atoms with Gasteiger partial charge in [0.2, 0.25) is 0 Å². The maximum Gasteiger partial charge on any atom is 0.164 e. The van der Waals surface area contributed by atoms with E-state index in [-0.39, 0.29) is 0 Å². The minimum Gasteiger partial charge on any atom is -0.368 e. The fraction of sp³-hybridized carbons (Fsp3) is 0.933. The molecule has 17 heavy (non-hydrogen) atoms. The predicted octanol–water partition coefficient (Wildman–Crippen LogP) is 4.51. The predicted molar refractivity (Wildman–Crippen MR) is 73.3 cm³/mol. The largest absolute Gasteiger partial charge is 0.368 e. The van der Waals surface area contributed by atoms with Crippen molar-refractivity contribution in [2.24, 2.45) is 0 Å². The first kappa shape index (κ1) is 16.6. The van der Waals surface area contributed by atoms with E-state index in [4.69, 9.17) is 4.74 Å². The zero-order chi connectivity index (χ0) is 13.1. The summed E-state index contributed by atoms with van der Waals surface area (Å²) in [5.74, 6) is 0.306. The van der Waals surface area contributed by atoms with Gasteiger partial charge in [-0.2, -0.15) is 0 Å². The van der Waals surface area contributed by atoms with Crippen molar-refractivity contribution in [1.82, 2.24) is 0 Å². The van der Waals surface area contributed by atoms with Crippen LogP contribution in [0.4, 0.5) is 0 Å². The van der Waals surface area contributed by atoms with Gasteiger partial charge in [0.05, 0.1) is 0 Å². The van der Waals surface area contributed by atoms with Crippen molar-refractivity contribution >= 4 is 5.78 Å². The van der Waals surface area contributed by atoms with Crippen molar-refractivity contribution in [2.45, 2.75) is 84.7 Å². The standard InChI is InChI=1S/C15H30O2/c1-5-9-10-11-12-13-14(16)15(6-2,7-3)17-8-4/h5-13H2,1-4H3. The monoisotopic (exact) mass is 242 g/mol. The molecule has 0 unspecified atom stereocenters. The first-order chi connectivity index (χ1) is 8.16. The number of unbranched alkanes of at least 4 members (excludes halogenated alkanes) is 4. The van der Waals surface area contributed by atoms with E-state index in [0.717, 1.165) is 19.3 Å². The number of carbonyl (C=O) groups is 1. The smallest absolute Gasteiger partial charge is 0.164 e. The molecule has 0 aliphatic carbocycles. The molecule has 0 saturated heterocycles. The van der Waals surface area contributed by atoms with Gasteiger partial charge in [0.25, 0.3) is 0 Å². The lowest BCUT2D eigenvalue weighted by Crippen LogP contribution is -2.40. The Morgan fingerprint density at radius 2 is 1.53 bits per heavy atom. The Morgan fingerprint density at radius 1 is 0.941 bits per heavy atom. The van der Waals surface area contributed by atoms with Crippen LogP contribution in [-0.4, -0.2) is 18.0 Å². The van der Waals surface area contributed by atoms with Gasteiger partial charge in [0.1, 0.15) is 5.60 Å². The third-order valence-corrected chi connectivity index (χ3v) is 3.58. The van der Waals surface area contributed by atoms with Crippen LogP contribution >= 0.6 is 0 Å². The minimum absolute atomic E-state index is 0.306. The van der Waals surface area contributed by atoms with Crippen molar-refractivity contribution in [2.75, 3.05) is 6.61 Å². The molecule has 0 aromatic rings. The molecule has 0 rings (SSSR count). The molecule has 0 N–H and O–H groups in total. The molecule has 0 amide bonds. The van der Waals surface area contributed by atoms with Gasteiger partial charge in [0, 0.05) is 13.0 Å². The highest BCUT2D eigenvalue weighted by Crippen LogP contribution is 2.24. The van der Waals surface area contributed by atoms with Crippen molar-refractivity contribution in [3.05, 3.63) is 0 Å². The van der Waals surface area contributed by atoms with E-state index >= 15 is 0 Å². The van der Waals surface area contributed by atoms with Crippen molar-refractivity contribution in [1.29, 1.82) is 0 Å². The lowest BCUT2D eigenvalue weighted by Gasteiger charge is -2.30. The molecule has 0 bridgehead atoms. The zero-order valence-corrected chi connectivity index (χ0v) is 12.2. The number of rotatable bonds is 11. The second-order valence-corrected chi connectivity index (χ2v) is 4.72. The van der Waals surface area contributed by atoms with E-state index < -0.39 is 5.60 Å². The number of Topliss-reactive ketones (excluding diaryl/α,β-unsaturated/α-hetero) is 1. The topological polar surface area (TPSA) is 26.3 Å². The number of hydrogen-bond acceptors (Lipinski definition) is 2. The van der Waals surface area contributed by atoms with Crippen LogP contribution in [0.25, 0.3) is 0 Å². The summed E-state index contributed by atoms with van der Waals surface area (Å²) in [6.07, 6.45) is 8.27.